The minimum absolute atomic E-state index is 0.588. The fraction of sp³-hybridized carbons (Fsp3) is 1.00. The van der Waals surface area contributed by atoms with Gasteiger partial charge < -0.3 is 9.64 Å². The summed E-state index contributed by atoms with van der Waals surface area (Å²) < 4.78 is 5.22. The molecule has 12 heavy (non-hydrogen) atoms. The van der Waals surface area contributed by atoms with Crippen molar-refractivity contribution in [1.29, 1.82) is 0 Å². The molecule has 0 aliphatic carbocycles. The van der Waals surface area contributed by atoms with E-state index >= 15 is 0 Å². The van der Waals surface area contributed by atoms with Gasteiger partial charge in [-0.1, -0.05) is 13.3 Å². The SMILES string of the molecule is CCCC1CCN(CC2CO2)C1. The van der Waals surface area contributed by atoms with Crippen LogP contribution >= 0.6 is 0 Å². The summed E-state index contributed by atoms with van der Waals surface area (Å²) >= 11 is 0. The van der Waals surface area contributed by atoms with Crippen LogP contribution in [-0.4, -0.2) is 37.2 Å². The number of hydrogen-bond donors (Lipinski definition) is 0. The third-order valence-electron chi connectivity index (χ3n) is 2.93. The fourth-order valence-electron chi connectivity index (χ4n) is 2.18. The highest BCUT2D eigenvalue weighted by atomic mass is 16.6. The van der Waals surface area contributed by atoms with Gasteiger partial charge in [-0.3, -0.25) is 0 Å². The highest BCUT2D eigenvalue weighted by molar-refractivity contribution is 4.81. The molecular formula is C10H19NO. The third kappa shape index (κ3) is 2.20. The molecule has 0 radical (unpaired) electrons. The van der Waals surface area contributed by atoms with Gasteiger partial charge in [0.1, 0.15) is 0 Å². The Labute approximate surface area is 74.9 Å². The summed E-state index contributed by atoms with van der Waals surface area (Å²) in [5.74, 6) is 0.980. The number of nitrogens with zero attached hydrogens (tertiary/aromatic N) is 1. The number of rotatable bonds is 4. The van der Waals surface area contributed by atoms with E-state index in [1.807, 2.05) is 0 Å². The molecule has 70 valence electrons. The van der Waals surface area contributed by atoms with Gasteiger partial charge in [0.15, 0.2) is 0 Å². The zero-order valence-corrected chi connectivity index (χ0v) is 7.96. The molecule has 0 N–H and O–H groups in total. The molecule has 2 unspecified atom stereocenters. The molecule has 2 heterocycles. The monoisotopic (exact) mass is 169 g/mol. The zero-order chi connectivity index (χ0) is 8.39. The van der Waals surface area contributed by atoms with Crippen LogP contribution in [-0.2, 0) is 4.74 Å². The first-order valence-electron chi connectivity index (χ1n) is 5.22. The van der Waals surface area contributed by atoms with Crippen LogP contribution in [0.3, 0.4) is 0 Å². The van der Waals surface area contributed by atoms with Gasteiger partial charge in [-0.25, -0.2) is 0 Å². The van der Waals surface area contributed by atoms with Crippen molar-refractivity contribution in [3.8, 4) is 0 Å². The van der Waals surface area contributed by atoms with Gasteiger partial charge in [-0.05, 0) is 25.3 Å². The lowest BCUT2D eigenvalue weighted by Crippen LogP contribution is -2.25. The maximum atomic E-state index is 5.22. The van der Waals surface area contributed by atoms with Gasteiger partial charge in [0.25, 0.3) is 0 Å². The molecule has 0 aromatic heterocycles. The summed E-state index contributed by atoms with van der Waals surface area (Å²) in [7, 11) is 0. The zero-order valence-electron chi connectivity index (χ0n) is 7.96. The molecule has 0 aromatic carbocycles. The Morgan fingerprint density at radius 2 is 2.33 bits per heavy atom. The topological polar surface area (TPSA) is 15.8 Å². The molecule has 2 nitrogen and oxygen atoms in total. The van der Waals surface area contributed by atoms with Crippen LogP contribution in [0.2, 0.25) is 0 Å². The minimum Gasteiger partial charge on any atom is -0.372 e. The number of epoxide rings is 1. The van der Waals surface area contributed by atoms with E-state index in [-0.39, 0.29) is 0 Å². The highest BCUT2D eigenvalue weighted by Gasteiger charge is 2.29. The minimum atomic E-state index is 0.588. The van der Waals surface area contributed by atoms with Crippen LogP contribution in [0.5, 0.6) is 0 Å². The van der Waals surface area contributed by atoms with Crippen LogP contribution in [0.4, 0.5) is 0 Å². The van der Waals surface area contributed by atoms with E-state index in [1.165, 1.54) is 38.9 Å². The number of ether oxygens (including phenoxy) is 1. The number of hydrogen-bond acceptors (Lipinski definition) is 2. The second kappa shape index (κ2) is 3.75. The van der Waals surface area contributed by atoms with E-state index in [0.717, 1.165) is 12.5 Å². The van der Waals surface area contributed by atoms with Gasteiger partial charge in [-0.2, -0.15) is 0 Å². The maximum absolute atomic E-state index is 5.22. The number of likely N-dealkylation sites (tertiary alicyclic amines) is 1. The quantitative estimate of drug-likeness (QED) is 0.593. The first-order chi connectivity index (χ1) is 5.88. The molecule has 2 saturated heterocycles. The molecule has 2 atom stereocenters. The van der Waals surface area contributed by atoms with Gasteiger partial charge >= 0.3 is 0 Å². The van der Waals surface area contributed by atoms with E-state index in [1.54, 1.807) is 0 Å². The van der Waals surface area contributed by atoms with Crippen LogP contribution in [0, 0.1) is 5.92 Å². The summed E-state index contributed by atoms with van der Waals surface area (Å²) in [4.78, 5) is 2.57. The lowest BCUT2D eigenvalue weighted by molar-refractivity contribution is 0.275. The smallest absolute Gasteiger partial charge is 0.0936 e. The van der Waals surface area contributed by atoms with Crippen molar-refractivity contribution in [2.24, 2.45) is 5.92 Å². The molecule has 2 fully saturated rings. The Morgan fingerprint density at radius 1 is 1.50 bits per heavy atom. The summed E-state index contributed by atoms with van der Waals surface area (Å²) in [5, 5.41) is 0. The lowest BCUT2D eigenvalue weighted by atomic mass is 10.0. The summed E-state index contributed by atoms with van der Waals surface area (Å²) in [6, 6.07) is 0. The van der Waals surface area contributed by atoms with Crippen LogP contribution < -0.4 is 0 Å². The van der Waals surface area contributed by atoms with Crippen molar-refractivity contribution >= 4 is 0 Å². The molecule has 2 heteroatoms. The molecule has 2 aliphatic rings. The van der Waals surface area contributed by atoms with Crippen LogP contribution in [0.1, 0.15) is 26.2 Å². The van der Waals surface area contributed by atoms with Crippen molar-refractivity contribution in [3.05, 3.63) is 0 Å². The molecule has 2 rings (SSSR count). The summed E-state index contributed by atoms with van der Waals surface area (Å²) in [5.41, 5.74) is 0. The lowest BCUT2D eigenvalue weighted by Gasteiger charge is -2.13. The summed E-state index contributed by atoms with van der Waals surface area (Å²) in [6.07, 6.45) is 4.77. The van der Waals surface area contributed by atoms with Crippen LogP contribution in [0.15, 0.2) is 0 Å². The van der Waals surface area contributed by atoms with Crippen molar-refractivity contribution < 1.29 is 4.74 Å². The maximum Gasteiger partial charge on any atom is 0.0936 e. The van der Waals surface area contributed by atoms with Crippen molar-refractivity contribution in [2.75, 3.05) is 26.2 Å². The summed E-state index contributed by atoms with van der Waals surface area (Å²) in [6.45, 7) is 7.13. The Bertz CT molecular complexity index is 145. The fourth-order valence-corrected chi connectivity index (χ4v) is 2.18. The first kappa shape index (κ1) is 8.52. The van der Waals surface area contributed by atoms with Gasteiger partial charge in [-0.15, -0.1) is 0 Å². The Balaban J connectivity index is 1.66. The normalized spacial score (nSPS) is 35.8. The predicted molar refractivity (Wildman–Crippen MR) is 49.2 cm³/mol. The van der Waals surface area contributed by atoms with Crippen molar-refractivity contribution in [1.82, 2.24) is 4.90 Å². The van der Waals surface area contributed by atoms with E-state index in [0.29, 0.717) is 6.10 Å². The molecule has 2 aliphatic heterocycles. The van der Waals surface area contributed by atoms with E-state index < -0.39 is 0 Å². The second-order valence-electron chi connectivity index (χ2n) is 4.16. The Kier molecular flexibility index (Phi) is 2.66. The molecule has 0 aromatic rings. The largest absolute Gasteiger partial charge is 0.372 e. The average Bonchev–Trinajstić information content (AvgIpc) is 2.74. The second-order valence-corrected chi connectivity index (χ2v) is 4.16. The standard InChI is InChI=1S/C10H19NO/c1-2-3-9-4-5-11(6-9)7-10-8-12-10/h9-10H,2-8H2,1H3. The third-order valence-corrected chi connectivity index (χ3v) is 2.93. The molecular weight excluding hydrogens is 150 g/mol. The molecule has 0 saturated carbocycles. The van der Waals surface area contributed by atoms with Crippen LogP contribution in [0.25, 0.3) is 0 Å². The van der Waals surface area contributed by atoms with E-state index in [9.17, 15) is 0 Å². The molecule has 0 amide bonds. The van der Waals surface area contributed by atoms with Crippen molar-refractivity contribution in [3.63, 3.8) is 0 Å². The average molecular weight is 169 g/mol. The van der Waals surface area contributed by atoms with E-state index in [4.69, 9.17) is 4.74 Å². The molecule has 0 spiro atoms. The Morgan fingerprint density at radius 3 is 3.00 bits per heavy atom. The Hall–Kier alpha value is -0.0800. The first-order valence-corrected chi connectivity index (χ1v) is 5.22. The van der Waals surface area contributed by atoms with Crippen molar-refractivity contribution in [2.45, 2.75) is 32.3 Å². The molecule has 0 bridgehead atoms. The van der Waals surface area contributed by atoms with Gasteiger partial charge in [0.2, 0.25) is 0 Å². The van der Waals surface area contributed by atoms with Gasteiger partial charge in [0, 0.05) is 13.1 Å². The highest BCUT2D eigenvalue weighted by Crippen LogP contribution is 2.22. The van der Waals surface area contributed by atoms with Gasteiger partial charge in [0.05, 0.1) is 12.7 Å². The van der Waals surface area contributed by atoms with E-state index in [2.05, 4.69) is 11.8 Å². The predicted octanol–water partition coefficient (Wildman–Crippen LogP) is 1.51.